The average Bonchev–Trinajstić information content (AvgIpc) is 2.59. The van der Waals surface area contributed by atoms with E-state index in [2.05, 4.69) is 11.0 Å². The van der Waals surface area contributed by atoms with Crippen LogP contribution in [-0.4, -0.2) is 29.9 Å². The first-order valence-corrected chi connectivity index (χ1v) is 7.33. The van der Waals surface area contributed by atoms with Crippen molar-refractivity contribution in [3.05, 3.63) is 65.7 Å². The van der Waals surface area contributed by atoms with Gasteiger partial charge in [0.1, 0.15) is 0 Å². The maximum Gasteiger partial charge on any atom is 0.0991 e. The quantitative estimate of drug-likeness (QED) is 0.823. The summed E-state index contributed by atoms with van der Waals surface area (Å²) in [4.78, 5) is 2.05. The molecule has 2 rings (SSSR count). The second kappa shape index (κ2) is 8.18. The highest BCUT2D eigenvalue weighted by Gasteiger charge is 2.14. The Bertz CT molecular complexity index is 605. The first kappa shape index (κ1) is 16.0. The Kier molecular flexibility index (Phi) is 5.96. The number of aliphatic hydroxyl groups excluding tert-OH is 2. The van der Waals surface area contributed by atoms with E-state index in [0.29, 0.717) is 25.1 Å². The minimum atomic E-state index is -0.647. The van der Waals surface area contributed by atoms with E-state index < -0.39 is 6.10 Å². The number of aliphatic hydroxyl groups is 2. The summed E-state index contributed by atoms with van der Waals surface area (Å²) in [5.41, 5.74) is 2.38. The molecule has 1 unspecified atom stereocenters. The van der Waals surface area contributed by atoms with Crippen LogP contribution in [0.4, 0.5) is 5.69 Å². The van der Waals surface area contributed by atoms with E-state index >= 15 is 0 Å². The number of hydrogen-bond acceptors (Lipinski definition) is 4. The van der Waals surface area contributed by atoms with Gasteiger partial charge in [-0.05, 0) is 36.2 Å². The highest BCUT2D eigenvalue weighted by atomic mass is 16.3. The lowest BCUT2D eigenvalue weighted by molar-refractivity contribution is 0.182. The molecule has 0 saturated carbocycles. The Balaban J connectivity index is 2.10. The van der Waals surface area contributed by atoms with Crippen molar-refractivity contribution in [2.75, 3.05) is 24.6 Å². The zero-order valence-electron chi connectivity index (χ0n) is 12.4. The van der Waals surface area contributed by atoms with Gasteiger partial charge in [0, 0.05) is 25.4 Å². The van der Waals surface area contributed by atoms with E-state index in [0.717, 1.165) is 11.3 Å². The molecule has 0 amide bonds. The number of hydrogen-bond donors (Lipinski definition) is 2. The van der Waals surface area contributed by atoms with Crippen LogP contribution in [0.3, 0.4) is 0 Å². The Morgan fingerprint density at radius 1 is 1.05 bits per heavy atom. The molecule has 114 valence electrons. The molecule has 0 aliphatic carbocycles. The predicted molar refractivity (Wildman–Crippen MR) is 86.5 cm³/mol. The van der Waals surface area contributed by atoms with Gasteiger partial charge in [-0.1, -0.05) is 30.3 Å². The third kappa shape index (κ3) is 4.32. The molecule has 22 heavy (non-hydrogen) atoms. The van der Waals surface area contributed by atoms with Gasteiger partial charge in [-0.25, -0.2) is 0 Å². The van der Waals surface area contributed by atoms with E-state index in [4.69, 9.17) is 10.4 Å². The van der Waals surface area contributed by atoms with Crippen LogP contribution in [0.2, 0.25) is 0 Å². The van der Waals surface area contributed by atoms with Crippen molar-refractivity contribution in [3.8, 4) is 6.07 Å². The van der Waals surface area contributed by atoms with Gasteiger partial charge in [0.2, 0.25) is 0 Å². The maximum absolute atomic E-state index is 10.4. The lowest BCUT2D eigenvalue weighted by Crippen LogP contribution is -2.30. The first-order chi connectivity index (χ1) is 10.7. The van der Waals surface area contributed by atoms with Crippen LogP contribution in [0, 0.1) is 11.3 Å². The molecule has 0 aliphatic heterocycles. The molecule has 2 aromatic carbocycles. The normalized spacial score (nSPS) is 11.7. The van der Waals surface area contributed by atoms with Crippen LogP contribution in [0.25, 0.3) is 0 Å². The zero-order chi connectivity index (χ0) is 15.8. The highest BCUT2D eigenvalue weighted by Crippen LogP contribution is 2.20. The molecule has 2 N–H and O–H groups in total. The Labute approximate surface area is 130 Å². The second-order valence-corrected chi connectivity index (χ2v) is 5.11. The molecule has 2 aromatic rings. The van der Waals surface area contributed by atoms with E-state index in [9.17, 15) is 5.11 Å². The molecule has 0 saturated heterocycles. The smallest absolute Gasteiger partial charge is 0.0991 e. The van der Waals surface area contributed by atoms with Crippen molar-refractivity contribution >= 4 is 5.69 Å². The SMILES string of the molecule is N#Cc1ccc(C(O)CN(CCCO)c2ccccc2)cc1. The molecule has 0 spiro atoms. The molecule has 0 heterocycles. The van der Waals surface area contributed by atoms with Crippen molar-refractivity contribution in [2.24, 2.45) is 0 Å². The fraction of sp³-hybridized carbons (Fsp3) is 0.278. The van der Waals surface area contributed by atoms with Gasteiger partial charge in [0.05, 0.1) is 17.7 Å². The van der Waals surface area contributed by atoms with Gasteiger partial charge < -0.3 is 15.1 Å². The summed E-state index contributed by atoms with van der Waals surface area (Å²) < 4.78 is 0. The summed E-state index contributed by atoms with van der Waals surface area (Å²) in [6.07, 6.45) is 0.00117. The maximum atomic E-state index is 10.4. The first-order valence-electron chi connectivity index (χ1n) is 7.33. The van der Waals surface area contributed by atoms with Gasteiger partial charge in [-0.3, -0.25) is 0 Å². The third-order valence-corrected chi connectivity index (χ3v) is 3.53. The zero-order valence-corrected chi connectivity index (χ0v) is 12.4. The summed E-state index contributed by atoms with van der Waals surface area (Å²) in [5.74, 6) is 0. The number of rotatable bonds is 7. The average molecular weight is 296 g/mol. The number of para-hydroxylation sites is 1. The largest absolute Gasteiger partial charge is 0.396 e. The molecule has 0 radical (unpaired) electrons. The third-order valence-electron chi connectivity index (χ3n) is 3.53. The molecule has 1 atom stereocenters. The van der Waals surface area contributed by atoms with Gasteiger partial charge >= 0.3 is 0 Å². The van der Waals surface area contributed by atoms with Crippen molar-refractivity contribution in [1.82, 2.24) is 0 Å². The minimum absolute atomic E-state index is 0.121. The number of nitrogens with zero attached hydrogens (tertiary/aromatic N) is 2. The molecular weight excluding hydrogens is 276 g/mol. The lowest BCUT2D eigenvalue weighted by Gasteiger charge is -2.27. The van der Waals surface area contributed by atoms with Gasteiger partial charge in [-0.15, -0.1) is 0 Å². The fourth-order valence-corrected chi connectivity index (χ4v) is 2.32. The summed E-state index contributed by atoms with van der Waals surface area (Å²) in [7, 11) is 0. The Hall–Kier alpha value is -2.35. The number of benzene rings is 2. The van der Waals surface area contributed by atoms with E-state index in [1.54, 1.807) is 24.3 Å². The van der Waals surface area contributed by atoms with Crippen molar-refractivity contribution in [1.29, 1.82) is 5.26 Å². The number of anilines is 1. The molecule has 0 aromatic heterocycles. The van der Waals surface area contributed by atoms with Crippen LogP contribution in [0.15, 0.2) is 54.6 Å². The molecule has 0 aliphatic rings. The molecular formula is C18H20N2O2. The molecule has 4 heteroatoms. The monoisotopic (exact) mass is 296 g/mol. The van der Waals surface area contributed by atoms with Crippen LogP contribution in [-0.2, 0) is 0 Å². The van der Waals surface area contributed by atoms with E-state index in [1.165, 1.54) is 0 Å². The lowest BCUT2D eigenvalue weighted by atomic mass is 10.1. The second-order valence-electron chi connectivity index (χ2n) is 5.11. The molecule has 0 bridgehead atoms. The summed E-state index contributed by atoms with van der Waals surface area (Å²) >= 11 is 0. The van der Waals surface area contributed by atoms with Gasteiger partial charge in [-0.2, -0.15) is 5.26 Å². The van der Waals surface area contributed by atoms with Crippen molar-refractivity contribution < 1.29 is 10.2 Å². The minimum Gasteiger partial charge on any atom is -0.396 e. The van der Waals surface area contributed by atoms with Crippen molar-refractivity contribution in [2.45, 2.75) is 12.5 Å². The Morgan fingerprint density at radius 2 is 1.73 bits per heavy atom. The van der Waals surface area contributed by atoms with Gasteiger partial charge in [0.15, 0.2) is 0 Å². The molecule has 4 nitrogen and oxygen atoms in total. The van der Waals surface area contributed by atoms with Crippen LogP contribution < -0.4 is 4.90 Å². The summed E-state index contributed by atoms with van der Waals surface area (Å²) in [6, 6.07) is 18.9. The fourth-order valence-electron chi connectivity index (χ4n) is 2.32. The topological polar surface area (TPSA) is 67.5 Å². The van der Waals surface area contributed by atoms with Crippen LogP contribution in [0.1, 0.15) is 23.7 Å². The Morgan fingerprint density at radius 3 is 2.32 bits per heavy atom. The standard InChI is InChI=1S/C18H20N2O2/c19-13-15-7-9-16(10-8-15)18(22)14-20(11-4-12-21)17-5-2-1-3-6-17/h1-3,5-10,18,21-22H,4,11-12,14H2. The summed E-state index contributed by atoms with van der Waals surface area (Å²) in [6.45, 7) is 1.24. The number of nitriles is 1. The van der Waals surface area contributed by atoms with Crippen LogP contribution in [0.5, 0.6) is 0 Å². The predicted octanol–water partition coefficient (Wildman–Crippen LogP) is 2.48. The van der Waals surface area contributed by atoms with Crippen LogP contribution >= 0.6 is 0 Å². The van der Waals surface area contributed by atoms with E-state index in [1.807, 2.05) is 30.3 Å². The van der Waals surface area contributed by atoms with E-state index in [-0.39, 0.29) is 6.61 Å². The van der Waals surface area contributed by atoms with Gasteiger partial charge in [0.25, 0.3) is 0 Å². The summed E-state index contributed by atoms with van der Waals surface area (Å²) in [5, 5.41) is 28.3. The molecule has 0 fully saturated rings. The van der Waals surface area contributed by atoms with Crippen molar-refractivity contribution in [3.63, 3.8) is 0 Å². The highest BCUT2D eigenvalue weighted by molar-refractivity contribution is 5.46.